The first-order valence-electron chi connectivity index (χ1n) is 12.0. The van der Waals surface area contributed by atoms with Crippen molar-refractivity contribution in [2.75, 3.05) is 32.1 Å². The van der Waals surface area contributed by atoms with Crippen molar-refractivity contribution >= 4 is 17.6 Å². The van der Waals surface area contributed by atoms with Crippen LogP contribution in [0.1, 0.15) is 42.6 Å². The van der Waals surface area contributed by atoms with Crippen LogP contribution in [0.3, 0.4) is 0 Å². The Morgan fingerprint density at radius 3 is 2.77 bits per heavy atom. The number of hydrogen-bond acceptors (Lipinski definition) is 5. The summed E-state index contributed by atoms with van der Waals surface area (Å²) in [5, 5.41) is 12.7. The molecule has 1 aromatic carbocycles. The lowest BCUT2D eigenvalue weighted by Gasteiger charge is -2.37. The van der Waals surface area contributed by atoms with Crippen molar-refractivity contribution in [3.05, 3.63) is 53.7 Å². The lowest BCUT2D eigenvalue weighted by atomic mass is 10.00. The van der Waals surface area contributed by atoms with E-state index in [9.17, 15) is 14.7 Å². The van der Waals surface area contributed by atoms with Crippen molar-refractivity contribution < 1.29 is 19.4 Å². The Balaban J connectivity index is 1.58. The van der Waals surface area contributed by atoms with Crippen molar-refractivity contribution in [3.63, 3.8) is 0 Å². The fraction of sp³-hybridized carbons (Fsp3) is 0.444. The number of amides is 3. The number of carbonyl (C=O) groups excluding carboxylic acids is 2. The number of anilines is 1. The number of para-hydroxylation sites is 1. The minimum absolute atomic E-state index is 0.121. The minimum Gasteiger partial charge on any atom is -0.472 e. The summed E-state index contributed by atoms with van der Waals surface area (Å²) in [5.41, 5.74) is 1.69. The molecule has 2 heterocycles. The average molecular weight is 477 g/mol. The molecule has 4 rings (SSSR count). The summed E-state index contributed by atoms with van der Waals surface area (Å²) in [6.07, 6.45) is 3.43. The largest absolute Gasteiger partial charge is 0.472 e. The van der Waals surface area contributed by atoms with E-state index in [-0.39, 0.29) is 36.4 Å². The molecule has 1 aliphatic heterocycles. The summed E-state index contributed by atoms with van der Waals surface area (Å²) in [4.78, 5) is 33.9. The zero-order valence-electron chi connectivity index (χ0n) is 20.4. The van der Waals surface area contributed by atoms with Crippen molar-refractivity contribution in [1.82, 2.24) is 14.8 Å². The molecule has 2 aromatic rings. The van der Waals surface area contributed by atoms with Gasteiger partial charge in [-0.2, -0.15) is 0 Å². The number of fused-ring (bicyclic) bond motifs is 1. The van der Waals surface area contributed by atoms with E-state index < -0.39 is 6.10 Å². The van der Waals surface area contributed by atoms with Crippen LogP contribution in [-0.4, -0.2) is 70.7 Å². The van der Waals surface area contributed by atoms with Gasteiger partial charge in [0.1, 0.15) is 11.7 Å². The topological polar surface area (TPSA) is 95.0 Å². The molecule has 3 atom stereocenters. The molecule has 184 valence electrons. The van der Waals surface area contributed by atoms with E-state index in [1.807, 2.05) is 44.2 Å². The summed E-state index contributed by atoms with van der Waals surface area (Å²) in [5.74, 6) is 6.59. The molecule has 35 heavy (non-hydrogen) atoms. The quantitative estimate of drug-likeness (QED) is 0.646. The van der Waals surface area contributed by atoms with Crippen LogP contribution in [0.25, 0.3) is 0 Å². The molecule has 0 bridgehead atoms. The van der Waals surface area contributed by atoms with Crippen LogP contribution in [-0.2, 0) is 0 Å². The summed E-state index contributed by atoms with van der Waals surface area (Å²) in [6.45, 7) is 4.29. The Morgan fingerprint density at radius 2 is 2.09 bits per heavy atom. The second kappa shape index (κ2) is 10.8. The van der Waals surface area contributed by atoms with Gasteiger partial charge >= 0.3 is 6.03 Å². The third-order valence-corrected chi connectivity index (χ3v) is 6.34. The number of nitrogens with one attached hydrogen (secondary N) is 1. The standard InChI is InChI=1S/C27H32N4O4/c1-18-15-31(19(2)17-32)26(33)23-13-21(12-11-20-9-10-20)14-28-25(23)35-24(18)16-30(3)27(34)29-22-7-5-4-6-8-22/h4-8,13-14,18-20,24,32H,9-10,15-17H2,1-3H3,(H,29,34)/t18-,19+,24-/m1/s1. The maximum Gasteiger partial charge on any atom is 0.321 e. The molecule has 0 saturated heterocycles. The Kier molecular flexibility index (Phi) is 7.57. The van der Waals surface area contributed by atoms with Gasteiger partial charge in [-0.3, -0.25) is 4.79 Å². The van der Waals surface area contributed by atoms with Gasteiger partial charge in [0.2, 0.25) is 5.88 Å². The van der Waals surface area contributed by atoms with Gasteiger partial charge in [0.15, 0.2) is 0 Å². The molecule has 8 nitrogen and oxygen atoms in total. The number of hydrogen-bond donors (Lipinski definition) is 2. The first-order valence-corrected chi connectivity index (χ1v) is 12.0. The number of aliphatic hydroxyl groups excluding tert-OH is 1. The zero-order chi connectivity index (χ0) is 24.9. The van der Waals surface area contributed by atoms with Crippen molar-refractivity contribution in [2.45, 2.75) is 38.8 Å². The molecule has 2 aliphatic rings. The number of aliphatic hydroxyl groups is 1. The van der Waals surface area contributed by atoms with E-state index in [4.69, 9.17) is 4.74 Å². The van der Waals surface area contributed by atoms with Crippen LogP contribution >= 0.6 is 0 Å². The Labute approximate surface area is 206 Å². The van der Waals surface area contributed by atoms with Crippen molar-refractivity contribution in [2.24, 2.45) is 11.8 Å². The predicted octanol–water partition coefficient (Wildman–Crippen LogP) is 3.23. The Bertz CT molecular complexity index is 1120. The van der Waals surface area contributed by atoms with Crippen molar-refractivity contribution in [1.29, 1.82) is 0 Å². The summed E-state index contributed by atoms with van der Waals surface area (Å²) in [7, 11) is 1.71. The number of carbonyl (C=O) groups is 2. The van der Waals surface area contributed by atoms with Crippen LogP contribution in [0.5, 0.6) is 5.88 Å². The van der Waals surface area contributed by atoms with E-state index in [0.29, 0.717) is 35.8 Å². The van der Waals surface area contributed by atoms with Gasteiger partial charge in [-0.15, -0.1) is 0 Å². The van der Waals surface area contributed by atoms with Gasteiger partial charge in [-0.1, -0.05) is 37.0 Å². The lowest BCUT2D eigenvalue weighted by Crippen LogP contribution is -2.50. The fourth-order valence-electron chi connectivity index (χ4n) is 3.89. The monoisotopic (exact) mass is 476 g/mol. The maximum atomic E-state index is 13.5. The highest BCUT2D eigenvalue weighted by Gasteiger charge is 2.34. The van der Waals surface area contributed by atoms with Crippen LogP contribution in [0.2, 0.25) is 0 Å². The number of nitrogens with zero attached hydrogens (tertiary/aromatic N) is 3. The van der Waals surface area contributed by atoms with Gasteiger partial charge in [-0.25, -0.2) is 9.78 Å². The Morgan fingerprint density at radius 1 is 1.34 bits per heavy atom. The molecule has 2 N–H and O–H groups in total. The molecular formula is C27H32N4O4. The number of benzene rings is 1. The predicted molar refractivity (Wildman–Crippen MR) is 133 cm³/mol. The first kappa shape index (κ1) is 24.6. The molecule has 0 spiro atoms. The van der Waals surface area contributed by atoms with Crippen LogP contribution in [0, 0.1) is 23.7 Å². The molecule has 0 unspecified atom stereocenters. The van der Waals surface area contributed by atoms with Gasteiger partial charge in [0, 0.05) is 42.9 Å². The van der Waals surface area contributed by atoms with Crippen LogP contribution < -0.4 is 10.1 Å². The number of urea groups is 1. The molecule has 8 heteroatoms. The second-order valence-electron chi connectivity index (χ2n) is 9.42. The van der Waals surface area contributed by atoms with Crippen LogP contribution in [0.4, 0.5) is 10.5 Å². The molecule has 0 radical (unpaired) electrons. The summed E-state index contributed by atoms with van der Waals surface area (Å²) < 4.78 is 6.25. The van der Waals surface area contributed by atoms with E-state index >= 15 is 0 Å². The zero-order valence-corrected chi connectivity index (χ0v) is 20.4. The number of pyridine rings is 1. The smallest absolute Gasteiger partial charge is 0.321 e. The van der Waals surface area contributed by atoms with Gasteiger partial charge in [-0.05, 0) is 38.0 Å². The molecule has 1 aromatic heterocycles. The van der Waals surface area contributed by atoms with Gasteiger partial charge < -0.3 is 25.0 Å². The number of rotatable bonds is 5. The van der Waals surface area contributed by atoms with E-state index in [2.05, 4.69) is 22.1 Å². The van der Waals surface area contributed by atoms with Crippen LogP contribution in [0.15, 0.2) is 42.6 Å². The average Bonchev–Trinajstić information content (AvgIpc) is 3.69. The first-order chi connectivity index (χ1) is 16.9. The van der Waals surface area contributed by atoms with E-state index in [0.717, 1.165) is 12.8 Å². The van der Waals surface area contributed by atoms with Gasteiger partial charge in [0.05, 0.1) is 19.2 Å². The Hall–Kier alpha value is -3.57. The van der Waals surface area contributed by atoms with E-state index in [1.54, 1.807) is 29.1 Å². The lowest BCUT2D eigenvalue weighted by molar-refractivity contribution is 0.0356. The highest BCUT2D eigenvalue weighted by atomic mass is 16.5. The fourth-order valence-corrected chi connectivity index (χ4v) is 3.89. The normalized spacial score (nSPS) is 20.3. The number of likely N-dealkylation sites (N-methyl/N-ethyl adjacent to an activating group) is 1. The number of aromatic nitrogens is 1. The highest BCUT2D eigenvalue weighted by Crippen LogP contribution is 2.29. The highest BCUT2D eigenvalue weighted by molar-refractivity contribution is 5.97. The molecular weight excluding hydrogens is 444 g/mol. The minimum atomic E-state index is -0.419. The third kappa shape index (κ3) is 6.11. The maximum absolute atomic E-state index is 13.5. The molecule has 1 fully saturated rings. The third-order valence-electron chi connectivity index (χ3n) is 6.34. The summed E-state index contributed by atoms with van der Waals surface area (Å²) >= 11 is 0. The second-order valence-corrected chi connectivity index (χ2v) is 9.42. The van der Waals surface area contributed by atoms with E-state index in [1.165, 1.54) is 0 Å². The summed E-state index contributed by atoms with van der Waals surface area (Å²) in [6, 6.07) is 10.3. The molecule has 1 aliphatic carbocycles. The van der Waals surface area contributed by atoms with Crippen molar-refractivity contribution in [3.8, 4) is 17.7 Å². The number of ether oxygens (including phenoxy) is 1. The van der Waals surface area contributed by atoms with Gasteiger partial charge in [0.25, 0.3) is 5.91 Å². The molecule has 3 amide bonds. The molecule has 1 saturated carbocycles. The SMILES string of the molecule is C[C@@H]1CN([C@@H](C)CO)C(=O)c2cc(C#CC3CC3)cnc2O[C@@H]1CN(C)C(=O)Nc1ccccc1.